The highest BCUT2D eigenvalue weighted by Crippen LogP contribution is 2.46. The maximum Gasteiger partial charge on any atom is 0.325 e. The van der Waals surface area contributed by atoms with Crippen LogP contribution in [0, 0.1) is 11.3 Å². The van der Waals surface area contributed by atoms with Crippen molar-refractivity contribution in [2.45, 2.75) is 52.0 Å². The predicted molar refractivity (Wildman–Crippen MR) is 106 cm³/mol. The van der Waals surface area contributed by atoms with Crippen molar-refractivity contribution in [3.05, 3.63) is 35.9 Å². The summed E-state index contributed by atoms with van der Waals surface area (Å²) in [5.41, 5.74) is 4.37. The summed E-state index contributed by atoms with van der Waals surface area (Å²) < 4.78 is 0. The molecule has 2 fully saturated rings. The van der Waals surface area contributed by atoms with Gasteiger partial charge in [-0.25, -0.2) is 4.79 Å². The molecule has 1 spiro atoms. The second-order valence-electron chi connectivity index (χ2n) is 9.02. The monoisotopic (exact) mass is 400 g/mol. The molecule has 1 saturated carbocycles. The van der Waals surface area contributed by atoms with Gasteiger partial charge >= 0.3 is 6.03 Å². The van der Waals surface area contributed by atoms with Gasteiger partial charge in [-0.15, -0.1) is 0 Å². The Morgan fingerprint density at radius 3 is 2.41 bits per heavy atom. The quantitative estimate of drug-likeness (QED) is 0.526. The Morgan fingerprint density at radius 1 is 1.10 bits per heavy atom. The summed E-state index contributed by atoms with van der Waals surface area (Å²) in [4.78, 5) is 50.5. The predicted octanol–water partition coefficient (Wildman–Crippen LogP) is 1.51. The molecule has 1 aromatic carbocycles. The Hall–Kier alpha value is -2.90. The fourth-order valence-electron chi connectivity index (χ4n) is 4.80. The molecule has 156 valence electrons. The SMILES string of the molecule is C[C@H]1CC(C)(C)C[C@@]2(C1)NC(=O)N(CC(=O)NNC(=O)Cc1ccccc1)C2=O. The first-order chi connectivity index (χ1) is 13.6. The number of hydrogen-bond donors (Lipinski definition) is 3. The van der Waals surface area contributed by atoms with E-state index in [2.05, 4.69) is 36.9 Å². The fraction of sp³-hybridized carbons (Fsp3) is 0.524. The molecule has 8 nitrogen and oxygen atoms in total. The maximum absolute atomic E-state index is 13.0. The average Bonchev–Trinajstić information content (AvgIpc) is 2.82. The van der Waals surface area contributed by atoms with Crippen LogP contribution in [0.25, 0.3) is 0 Å². The number of urea groups is 1. The zero-order valence-electron chi connectivity index (χ0n) is 17.1. The van der Waals surface area contributed by atoms with Crippen molar-refractivity contribution in [1.82, 2.24) is 21.1 Å². The molecule has 3 rings (SSSR count). The molecule has 8 heteroatoms. The summed E-state index contributed by atoms with van der Waals surface area (Å²) in [6.07, 6.45) is 2.19. The highest BCUT2D eigenvalue weighted by molar-refractivity contribution is 6.09. The molecule has 0 unspecified atom stereocenters. The standard InChI is InChI=1S/C21H28N4O4/c1-14-10-20(2,3)13-21(11-14)18(28)25(19(29)22-21)12-17(27)24-23-16(26)9-15-7-5-4-6-8-15/h4-8,14H,9-13H2,1-3H3,(H,22,29)(H,23,26)(H,24,27)/t14-,21+/m0/s1. The van der Waals surface area contributed by atoms with Crippen molar-refractivity contribution >= 4 is 23.8 Å². The molecule has 1 aliphatic heterocycles. The lowest BCUT2D eigenvalue weighted by atomic mass is 9.64. The molecular formula is C21H28N4O4. The van der Waals surface area contributed by atoms with E-state index in [0.717, 1.165) is 16.9 Å². The topological polar surface area (TPSA) is 108 Å². The van der Waals surface area contributed by atoms with Gasteiger partial charge in [-0.3, -0.25) is 30.1 Å². The summed E-state index contributed by atoms with van der Waals surface area (Å²) in [6.45, 7) is 5.80. The van der Waals surface area contributed by atoms with Crippen molar-refractivity contribution in [2.24, 2.45) is 11.3 Å². The van der Waals surface area contributed by atoms with Crippen molar-refractivity contribution < 1.29 is 19.2 Å². The van der Waals surface area contributed by atoms with E-state index in [-0.39, 0.29) is 29.6 Å². The second kappa shape index (κ2) is 7.85. The molecule has 0 radical (unpaired) electrons. The van der Waals surface area contributed by atoms with E-state index in [1.54, 1.807) is 12.1 Å². The zero-order valence-corrected chi connectivity index (χ0v) is 17.1. The first-order valence-electron chi connectivity index (χ1n) is 9.86. The normalized spacial score (nSPS) is 25.6. The molecule has 1 aromatic rings. The molecule has 3 N–H and O–H groups in total. The van der Waals surface area contributed by atoms with Gasteiger partial charge in [0.1, 0.15) is 12.1 Å². The number of hydrazine groups is 1. The Bertz CT molecular complexity index is 823. The Labute approximate surface area is 170 Å². The molecule has 0 bridgehead atoms. The highest BCUT2D eigenvalue weighted by Gasteiger charge is 2.56. The number of carbonyl (C=O) groups excluding carboxylic acids is 4. The van der Waals surface area contributed by atoms with Crippen LogP contribution in [-0.4, -0.2) is 40.7 Å². The minimum atomic E-state index is -0.949. The van der Waals surface area contributed by atoms with Crippen molar-refractivity contribution in [3.8, 4) is 0 Å². The van der Waals surface area contributed by atoms with E-state index in [1.165, 1.54) is 0 Å². The third kappa shape index (κ3) is 4.75. The van der Waals surface area contributed by atoms with E-state index >= 15 is 0 Å². The minimum Gasteiger partial charge on any atom is -0.323 e. The molecular weight excluding hydrogens is 372 g/mol. The number of hydrogen-bond acceptors (Lipinski definition) is 4. The smallest absolute Gasteiger partial charge is 0.323 e. The van der Waals surface area contributed by atoms with Crippen LogP contribution in [0.2, 0.25) is 0 Å². The van der Waals surface area contributed by atoms with Crippen LogP contribution < -0.4 is 16.2 Å². The lowest BCUT2D eigenvalue weighted by molar-refractivity contribution is -0.138. The van der Waals surface area contributed by atoms with Crippen LogP contribution >= 0.6 is 0 Å². The highest BCUT2D eigenvalue weighted by atomic mass is 16.2. The Kier molecular flexibility index (Phi) is 5.64. The number of amides is 5. The first kappa shape index (κ1) is 20.8. The van der Waals surface area contributed by atoms with Gasteiger partial charge in [-0.1, -0.05) is 51.1 Å². The molecule has 2 aliphatic rings. The van der Waals surface area contributed by atoms with Gasteiger partial charge in [0.2, 0.25) is 5.91 Å². The molecule has 1 aliphatic carbocycles. The summed E-state index contributed by atoms with van der Waals surface area (Å²) in [7, 11) is 0. The fourth-order valence-corrected chi connectivity index (χ4v) is 4.80. The average molecular weight is 400 g/mol. The maximum atomic E-state index is 13.0. The van der Waals surface area contributed by atoms with Crippen LogP contribution in [0.1, 0.15) is 45.6 Å². The summed E-state index contributed by atoms with van der Waals surface area (Å²) in [6, 6.07) is 8.54. The van der Waals surface area contributed by atoms with E-state index < -0.39 is 24.0 Å². The van der Waals surface area contributed by atoms with Crippen molar-refractivity contribution in [2.75, 3.05) is 6.54 Å². The van der Waals surface area contributed by atoms with Crippen LogP contribution in [0.15, 0.2) is 30.3 Å². The van der Waals surface area contributed by atoms with E-state index in [1.807, 2.05) is 18.2 Å². The van der Waals surface area contributed by atoms with Gasteiger partial charge in [0.05, 0.1) is 6.42 Å². The van der Waals surface area contributed by atoms with Gasteiger partial charge in [0, 0.05) is 0 Å². The number of benzene rings is 1. The number of rotatable bonds is 4. The van der Waals surface area contributed by atoms with Crippen LogP contribution in [0.4, 0.5) is 4.79 Å². The van der Waals surface area contributed by atoms with Crippen LogP contribution in [0.3, 0.4) is 0 Å². The van der Waals surface area contributed by atoms with E-state index in [9.17, 15) is 19.2 Å². The second-order valence-corrected chi connectivity index (χ2v) is 9.02. The number of imide groups is 1. The molecule has 5 amide bonds. The summed E-state index contributed by atoms with van der Waals surface area (Å²) >= 11 is 0. The van der Waals surface area contributed by atoms with Crippen molar-refractivity contribution in [1.29, 1.82) is 0 Å². The Balaban J connectivity index is 1.56. The third-order valence-electron chi connectivity index (χ3n) is 5.47. The lowest BCUT2D eigenvalue weighted by Gasteiger charge is -2.43. The van der Waals surface area contributed by atoms with Crippen LogP contribution in [0.5, 0.6) is 0 Å². The molecule has 0 aromatic heterocycles. The Morgan fingerprint density at radius 2 is 1.76 bits per heavy atom. The summed E-state index contributed by atoms with van der Waals surface area (Å²) in [5.74, 6) is -1.10. The molecule has 1 saturated heterocycles. The van der Waals surface area contributed by atoms with Gasteiger partial charge in [-0.05, 0) is 36.2 Å². The van der Waals surface area contributed by atoms with Gasteiger partial charge in [-0.2, -0.15) is 0 Å². The largest absolute Gasteiger partial charge is 0.325 e. The van der Waals surface area contributed by atoms with Crippen molar-refractivity contribution in [3.63, 3.8) is 0 Å². The molecule has 1 heterocycles. The van der Waals surface area contributed by atoms with Gasteiger partial charge in [0.25, 0.3) is 11.8 Å². The van der Waals surface area contributed by atoms with E-state index in [4.69, 9.17) is 0 Å². The van der Waals surface area contributed by atoms with Gasteiger partial charge < -0.3 is 5.32 Å². The number of nitrogens with one attached hydrogen (secondary N) is 3. The summed E-state index contributed by atoms with van der Waals surface area (Å²) in [5, 5.41) is 2.83. The zero-order chi connectivity index (χ0) is 21.2. The first-order valence-corrected chi connectivity index (χ1v) is 9.86. The lowest BCUT2D eigenvalue weighted by Crippen LogP contribution is -2.54. The number of carbonyl (C=O) groups is 4. The molecule has 29 heavy (non-hydrogen) atoms. The van der Waals surface area contributed by atoms with E-state index in [0.29, 0.717) is 12.8 Å². The minimum absolute atomic E-state index is 0.0791. The van der Waals surface area contributed by atoms with Gasteiger partial charge in [0.15, 0.2) is 0 Å². The third-order valence-corrected chi connectivity index (χ3v) is 5.47. The molecule has 2 atom stereocenters. The number of nitrogens with zero attached hydrogens (tertiary/aromatic N) is 1. The van der Waals surface area contributed by atoms with Crippen LogP contribution in [-0.2, 0) is 20.8 Å².